The Morgan fingerprint density at radius 1 is 1.20 bits per heavy atom. The first-order valence-electron chi connectivity index (χ1n) is 4.83. The molecule has 76 valence electrons. The zero-order chi connectivity index (χ0) is 10.8. The van der Waals surface area contributed by atoms with E-state index < -0.39 is 0 Å². The van der Waals surface area contributed by atoms with Gasteiger partial charge in [0.15, 0.2) is 6.29 Å². The van der Waals surface area contributed by atoms with E-state index in [0.29, 0.717) is 0 Å². The van der Waals surface area contributed by atoms with Crippen molar-refractivity contribution >= 4 is 17.6 Å². The predicted molar refractivity (Wildman–Crippen MR) is 64.6 cm³/mol. The summed E-state index contributed by atoms with van der Waals surface area (Å²) in [4.78, 5) is 12.7. The topological polar surface area (TPSA) is 17.1 Å². The Morgan fingerprint density at radius 2 is 2.00 bits per heavy atom. The van der Waals surface area contributed by atoms with Crippen molar-refractivity contribution in [3.05, 3.63) is 46.3 Å². The van der Waals surface area contributed by atoms with Crippen molar-refractivity contribution in [2.24, 2.45) is 0 Å². The van der Waals surface area contributed by atoms with E-state index in [1.807, 2.05) is 19.1 Å². The first kappa shape index (κ1) is 10.1. The second-order valence-corrected chi connectivity index (χ2v) is 4.73. The van der Waals surface area contributed by atoms with Gasteiger partial charge in [0, 0.05) is 4.88 Å². The van der Waals surface area contributed by atoms with Gasteiger partial charge in [0.2, 0.25) is 0 Å². The van der Waals surface area contributed by atoms with E-state index in [0.717, 1.165) is 11.2 Å². The summed E-state index contributed by atoms with van der Waals surface area (Å²) < 4.78 is 0. The van der Waals surface area contributed by atoms with Gasteiger partial charge in [0.1, 0.15) is 0 Å². The summed E-state index contributed by atoms with van der Waals surface area (Å²) in [5.41, 5.74) is 3.62. The smallest absolute Gasteiger partial charge is 0.160 e. The SMILES string of the molecule is Cc1cccc(-c2sc(C=O)cc2C)c1. The predicted octanol–water partition coefficient (Wildman–Crippen LogP) is 3.84. The van der Waals surface area contributed by atoms with E-state index in [9.17, 15) is 4.79 Å². The fourth-order valence-electron chi connectivity index (χ4n) is 1.64. The molecule has 0 radical (unpaired) electrons. The van der Waals surface area contributed by atoms with Crippen LogP contribution in [0.2, 0.25) is 0 Å². The van der Waals surface area contributed by atoms with Gasteiger partial charge in [-0.3, -0.25) is 4.79 Å². The maximum Gasteiger partial charge on any atom is 0.160 e. The van der Waals surface area contributed by atoms with Crippen LogP contribution in [0, 0.1) is 13.8 Å². The Hall–Kier alpha value is -1.41. The minimum atomic E-state index is 0.795. The molecule has 1 nitrogen and oxygen atoms in total. The quantitative estimate of drug-likeness (QED) is 0.697. The molecular weight excluding hydrogens is 204 g/mol. The molecule has 0 fully saturated rings. The molecule has 2 heteroatoms. The summed E-state index contributed by atoms with van der Waals surface area (Å²) in [5.74, 6) is 0. The number of carbonyl (C=O) groups is 1. The van der Waals surface area contributed by atoms with Gasteiger partial charge in [-0.1, -0.05) is 29.8 Å². The van der Waals surface area contributed by atoms with Crippen LogP contribution in [0.1, 0.15) is 20.8 Å². The highest BCUT2D eigenvalue weighted by Crippen LogP contribution is 2.31. The van der Waals surface area contributed by atoms with Crippen LogP contribution in [0.5, 0.6) is 0 Å². The average Bonchev–Trinajstić information content (AvgIpc) is 2.60. The highest BCUT2D eigenvalue weighted by Gasteiger charge is 2.06. The van der Waals surface area contributed by atoms with Crippen LogP contribution in [0.15, 0.2) is 30.3 Å². The second-order valence-electron chi connectivity index (χ2n) is 3.65. The third-order valence-corrected chi connectivity index (χ3v) is 3.54. The van der Waals surface area contributed by atoms with Crippen LogP contribution in [-0.2, 0) is 0 Å². The Bertz CT molecular complexity index is 497. The molecular formula is C13H12OS. The fourth-order valence-corrected chi connectivity index (χ4v) is 2.62. The molecule has 0 amide bonds. The van der Waals surface area contributed by atoms with Gasteiger partial charge in [-0.25, -0.2) is 0 Å². The van der Waals surface area contributed by atoms with Crippen molar-refractivity contribution in [3.63, 3.8) is 0 Å². The van der Waals surface area contributed by atoms with E-state index in [1.54, 1.807) is 11.3 Å². The van der Waals surface area contributed by atoms with E-state index in [1.165, 1.54) is 21.6 Å². The Balaban J connectivity index is 2.53. The number of rotatable bonds is 2. The molecule has 2 rings (SSSR count). The minimum Gasteiger partial charge on any atom is -0.297 e. The molecule has 0 aliphatic rings. The third-order valence-electron chi connectivity index (χ3n) is 2.33. The van der Waals surface area contributed by atoms with Crippen molar-refractivity contribution < 1.29 is 4.79 Å². The van der Waals surface area contributed by atoms with Gasteiger partial charge < -0.3 is 0 Å². The number of hydrogen-bond donors (Lipinski definition) is 0. The van der Waals surface area contributed by atoms with Gasteiger partial charge in [-0.15, -0.1) is 11.3 Å². The van der Waals surface area contributed by atoms with Gasteiger partial charge >= 0.3 is 0 Å². The summed E-state index contributed by atoms with van der Waals surface area (Å²) in [6.07, 6.45) is 0.914. The van der Waals surface area contributed by atoms with Crippen LogP contribution < -0.4 is 0 Å². The number of aldehydes is 1. The van der Waals surface area contributed by atoms with E-state index in [2.05, 4.69) is 25.1 Å². The van der Waals surface area contributed by atoms with Crippen molar-refractivity contribution in [2.75, 3.05) is 0 Å². The van der Waals surface area contributed by atoms with Gasteiger partial charge in [0.05, 0.1) is 4.88 Å². The fraction of sp³-hybridized carbons (Fsp3) is 0.154. The third kappa shape index (κ3) is 2.00. The molecule has 0 bridgehead atoms. The van der Waals surface area contributed by atoms with E-state index in [4.69, 9.17) is 0 Å². The maximum atomic E-state index is 10.7. The molecule has 0 unspecified atom stereocenters. The monoisotopic (exact) mass is 216 g/mol. The lowest BCUT2D eigenvalue weighted by molar-refractivity contribution is 0.112. The van der Waals surface area contributed by atoms with Crippen LogP contribution >= 0.6 is 11.3 Å². The van der Waals surface area contributed by atoms with Crippen LogP contribution in [0.4, 0.5) is 0 Å². The summed E-state index contributed by atoms with van der Waals surface area (Å²) in [6, 6.07) is 10.3. The zero-order valence-corrected chi connectivity index (χ0v) is 9.60. The molecule has 0 aliphatic heterocycles. The maximum absolute atomic E-state index is 10.7. The van der Waals surface area contributed by atoms with Crippen LogP contribution in [-0.4, -0.2) is 6.29 Å². The van der Waals surface area contributed by atoms with Crippen LogP contribution in [0.25, 0.3) is 10.4 Å². The first-order chi connectivity index (χ1) is 7.20. The Labute approximate surface area is 93.4 Å². The lowest BCUT2D eigenvalue weighted by atomic mass is 10.1. The zero-order valence-electron chi connectivity index (χ0n) is 8.78. The number of thiophene rings is 1. The number of hydrogen-bond acceptors (Lipinski definition) is 2. The van der Waals surface area contributed by atoms with E-state index in [-0.39, 0.29) is 0 Å². The standard InChI is InChI=1S/C13H12OS/c1-9-4-3-5-11(6-9)13-10(2)7-12(8-14)15-13/h3-8H,1-2H3. The van der Waals surface area contributed by atoms with Crippen molar-refractivity contribution in [1.82, 2.24) is 0 Å². The Morgan fingerprint density at radius 3 is 2.60 bits per heavy atom. The molecule has 15 heavy (non-hydrogen) atoms. The molecule has 0 aliphatic carbocycles. The molecule has 0 atom stereocenters. The summed E-state index contributed by atoms with van der Waals surface area (Å²) in [6.45, 7) is 4.12. The lowest BCUT2D eigenvalue weighted by Gasteiger charge is -2.00. The summed E-state index contributed by atoms with van der Waals surface area (Å²) in [7, 11) is 0. The first-order valence-corrected chi connectivity index (χ1v) is 5.65. The largest absolute Gasteiger partial charge is 0.297 e. The van der Waals surface area contributed by atoms with Crippen molar-refractivity contribution in [2.45, 2.75) is 13.8 Å². The molecule has 1 aromatic carbocycles. The highest BCUT2D eigenvalue weighted by atomic mass is 32.1. The number of carbonyl (C=O) groups excluding carboxylic acids is 1. The second kappa shape index (κ2) is 3.99. The molecule has 1 aromatic heterocycles. The molecule has 1 heterocycles. The molecule has 2 aromatic rings. The highest BCUT2D eigenvalue weighted by molar-refractivity contribution is 7.17. The molecule has 0 spiro atoms. The molecule has 0 saturated heterocycles. The summed E-state index contributed by atoms with van der Waals surface area (Å²) >= 11 is 1.55. The molecule has 0 N–H and O–H groups in total. The summed E-state index contributed by atoms with van der Waals surface area (Å²) in [5, 5.41) is 0. The van der Waals surface area contributed by atoms with Gasteiger partial charge in [0.25, 0.3) is 0 Å². The average molecular weight is 216 g/mol. The number of aryl methyl sites for hydroxylation is 2. The number of benzene rings is 1. The molecule has 0 saturated carbocycles. The van der Waals surface area contributed by atoms with Crippen LogP contribution in [0.3, 0.4) is 0 Å². The lowest BCUT2D eigenvalue weighted by Crippen LogP contribution is -1.77. The minimum absolute atomic E-state index is 0.795. The van der Waals surface area contributed by atoms with Gasteiger partial charge in [-0.05, 0) is 31.0 Å². The van der Waals surface area contributed by atoms with E-state index >= 15 is 0 Å². The van der Waals surface area contributed by atoms with Crippen molar-refractivity contribution in [1.29, 1.82) is 0 Å². The normalized spacial score (nSPS) is 10.3. The van der Waals surface area contributed by atoms with Crippen molar-refractivity contribution in [3.8, 4) is 10.4 Å². The Kier molecular flexibility index (Phi) is 2.69. The van der Waals surface area contributed by atoms with Gasteiger partial charge in [-0.2, -0.15) is 0 Å².